The van der Waals surface area contributed by atoms with Crippen molar-refractivity contribution in [3.05, 3.63) is 0 Å². The Bertz CT molecular complexity index is 49.7. The first-order chi connectivity index (χ1) is 3.81. The van der Waals surface area contributed by atoms with Gasteiger partial charge in [0.15, 0.2) is 0 Å². The van der Waals surface area contributed by atoms with Gasteiger partial charge in [0.2, 0.25) is 0 Å². The lowest BCUT2D eigenvalue weighted by molar-refractivity contribution is -0.176. The van der Waals surface area contributed by atoms with E-state index in [1.165, 1.54) is 0 Å². The Balaban J connectivity index is 2.86. The normalized spacial score (nSPS) is 13.9. The Morgan fingerprint density at radius 2 is 2.25 bits per heavy atom. The largest absolute Gasteiger partial charge is 0.385 e. The summed E-state index contributed by atoms with van der Waals surface area (Å²) in [5, 5.41) is 0. The van der Waals surface area contributed by atoms with Crippen LogP contribution >= 0.6 is 0 Å². The van der Waals surface area contributed by atoms with Crippen molar-refractivity contribution in [3.63, 3.8) is 0 Å². The fourth-order valence-electron chi connectivity index (χ4n) is 0.328. The highest BCUT2D eigenvalue weighted by atomic mass is 19.3. The lowest BCUT2D eigenvalue weighted by Crippen LogP contribution is -2.05. The zero-order valence-electron chi connectivity index (χ0n) is 5.19. The molecule has 3 heteroatoms. The van der Waals surface area contributed by atoms with Crippen molar-refractivity contribution >= 4 is 0 Å². The number of hydrogen-bond acceptors (Lipinski definition) is 2. The van der Waals surface area contributed by atoms with Crippen LogP contribution in [0.5, 0.6) is 0 Å². The summed E-state index contributed by atoms with van der Waals surface area (Å²) in [6, 6.07) is 0. The van der Waals surface area contributed by atoms with Crippen LogP contribution in [0, 0.1) is 0 Å². The molecule has 1 unspecified atom stereocenters. The minimum absolute atomic E-state index is 0.338. The SMILES string of the molecule is COCCC(C)OF. The maximum Gasteiger partial charge on any atom is 0.0977 e. The Labute approximate surface area is 48.5 Å². The standard InChI is InChI=1S/C5H11FO2/c1-5(8-6)3-4-7-2/h5H,3-4H2,1-2H3. The number of methoxy groups -OCH3 is 1. The van der Waals surface area contributed by atoms with E-state index in [9.17, 15) is 4.53 Å². The average Bonchev–Trinajstić information content (AvgIpc) is 1.83. The van der Waals surface area contributed by atoms with Crippen LogP contribution in [0.15, 0.2) is 0 Å². The molecule has 0 heterocycles. The first-order valence-electron chi connectivity index (χ1n) is 2.57. The summed E-state index contributed by atoms with van der Waals surface area (Å²) in [7, 11) is 1.57. The zero-order valence-corrected chi connectivity index (χ0v) is 5.19. The van der Waals surface area contributed by atoms with Gasteiger partial charge < -0.3 is 4.74 Å². The van der Waals surface area contributed by atoms with E-state index in [-0.39, 0.29) is 6.10 Å². The van der Waals surface area contributed by atoms with Gasteiger partial charge in [0, 0.05) is 20.1 Å². The van der Waals surface area contributed by atoms with Gasteiger partial charge in [-0.15, -0.1) is 0 Å². The molecule has 0 aromatic carbocycles. The number of rotatable bonds is 4. The Morgan fingerprint density at radius 1 is 1.62 bits per heavy atom. The van der Waals surface area contributed by atoms with E-state index in [4.69, 9.17) is 0 Å². The summed E-state index contributed by atoms with van der Waals surface area (Å²) < 4.78 is 15.8. The molecule has 0 fully saturated rings. The zero-order chi connectivity index (χ0) is 6.41. The van der Waals surface area contributed by atoms with E-state index in [0.29, 0.717) is 13.0 Å². The molecule has 0 aliphatic rings. The van der Waals surface area contributed by atoms with E-state index >= 15 is 0 Å². The summed E-state index contributed by atoms with van der Waals surface area (Å²) in [5.74, 6) is 0. The van der Waals surface area contributed by atoms with Gasteiger partial charge in [0.25, 0.3) is 0 Å². The van der Waals surface area contributed by atoms with Crippen molar-refractivity contribution in [3.8, 4) is 0 Å². The molecule has 0 N–H and O–H groups in total. The second kappa shape index (κ2) is 5.00. The van der Waals surface area contributed by atoms with Crippen LogP contribution in [0.25, 0.3) is 0 Å². The van der Waals surface area contributed by atoms with Crippen molar-refractivity contribution in [1.29, 1.82) is 0 Å². The Kier molecular flexibility index (Phi) is 4.90. The lowest BCUT2D eigenvalue weighted by atomic mass is 10.3. The average molecular weight is 122 g/mol. The van der Waals surface area contributed by atoms with Gasteiger partial charge in [-0.25, -0.2) is 0 Å². The fraction of sp³-hybridized carbons (Fsp3) is 1.00. The van der Waals surface area contributed by atoms with Crippen LogP contribution in [0.2, 0.25) is 0 Å². The smallest absolute Gasteiger partial charge is 0.0977 e. The quantitative estimate of drug-likeness (QED) is 0.559. The highest BCUT2D eigenvalue weighted by molar-refractivity contribution is 4.44. The second-order valence-electron chi connectivity index (χ2n) is 1.68. The molecule has 0 saturated carbocycles. The topological polar surface area (TPSA) is 18.5 Å². The number of hydrogen-bond donors (Lipinski definition) is 0. The third-order valence-corrected chi connectivity index (χ3v) is 0.881. The first kappa shape index (κ1) is 7.85. The van der Waals surface area contributed by atoms with Crippen LogP contribution in [0.4, 0.5) is 4.53 Å². The number of ether oxygens (including phenoxy) is 1. The van der Waals surface area contributed by atoms with Gasteiger partial charge >= 0.3 is 0 Å². The molecule has 2 nitrogen and oxygen atoms in total. The van der Waals surface area contributed by atoms with E-state index in [1.807, 2.05) is 0 Å². The molecule has 1 atom stereocenters. The van der Waals surface area contributed by atoms with Crippen LogP contribution in [-0.4, -0.2) is 19.8 Å². The molecule has 0 amide bonds. The van der Waals surface area contributed by atoms with E-state index in [0.717, 1.165) is 0 Å². The van der Waals surface area contributed by atoms with Gasteiger partial charge in [-0.2, -0.15) is 4.94 Å². The van der Waals surface area contributed by atoms with Crippen LogP contribution < -0.4 is 0 Å². The molecule has 0 aliphatic carbocycles. The van der Waals surface area contributed by atoms with Gasteiger partial charge in [-0.3, -0.25) is 0 Å². The van der Waals surface area contributed by atoms with Crippen molar-refractivity contribution in [2.45, 2.75) is 19.4 Å². The van der Waals surface area contributed by atoms with Gasteiger partial charge in [-0.1, -0.05) is 0 Å². The monoisotopic (exact) mass is 122 g/mol. The van der Waals surface area contributed by atoms with Crippen LogP contribution in [0.3, 0.4) is 0 Å². The van der Waals surface area contributed by atoms with Crippen molar-refractivity contribution in [2.24, 2.45) is 0 Å². The summed E-state index contributed by atoms with van der Waals surface area (Å²) >= 11 is 0. The van der Waals surface area contributed by atoms with Gasteiger partial charge in [-0.05, 0) is 11.4 Å². The second-order valence-corrected chi connectivity index (χ2v) is 1.68. The van der Waals surface area contributed by atoms with Crippen molar-refractivity contribution < 1.29 is 14.2 Å². The summed E-state index contributed by atoms with van der Waals surface area (Å²) in [4.78, 5) is 3.47. The van der Waals surface area contributed by atoms with Crippen LogP contribution in [-0.2, 0) is 9.68 Å². The maximum atomic E-state index is 11.2. The molecule has 0 aliphatic heterocycles. The Morgan fingerprint density at radius 3 is 2.62 bits per heavy atom. The molecule has 0 bridgehead atoms. The molecular formula is C5H11FO2. The molecule has 0 aromatic rings. The third kappa shape index (κ3) is 4.02. The molecular weight excluding hydrogens is 111 g/mol. The fourth-order valence-corrected chi connectivity index (χ4v) is 0.328. The number of halogens is 1. The van der Waals surface area contributed by atoms with Crippen molar-refractivity contribution in [2.75, 3.05) is 13.7 Å². The third-order valence-electron chi connectivity index (χ3n) is 0.881. The molecule has 8 heavy (non-hydrogen) atoms. The van der Waals surface area contributed by atoms with Gasteiger partial charge in [0.05, 0.1) is 6.10 Å². The maximum absolute atomic E-state index is 11.2. The predicted octanol–water partition coefficient (Wildman–Crippen LogP) is 1.31. The highest BCUT2D eigenvalue weighted by Gasteiger charge is 1.98. The van der Waals surface area contributed by atoms with E-state index < -0.39 is 0 Å². The first-order valence-corrected chi connectivity index (χ1v) is 2.57. The molecule has 0 saturated heterocycles. The molecule has 0 rings (SSSR count). The summed E-state index contributed by atoms with van der Waals surface area (Å²) in [5.41, 5.74) is 0. The lowest BCUT2D eigenvalue weighted by Gasteiger charge is -2.02. The summed E-state index contributed by atoms with van der Waals surface area (Å²) in [6.45, 7) is 2.20. The minimum Gasteiger partial charge on any atom is -0.385 e. The predicted molar refractivity (Wildman–Crippen MR) is 28.1 cm³/mol. The molecule has 0 radical (unpaired) electrons. The van der Waals surface area contributed by atoms with Gasteiger partial charge in [0.1, 0.15) is 0 Å². The minimum atomic E-state index is -0.338. The van der Waals surface area contributed by atoms with Crippen molar-refractivity contribution in [1.82, 2.24) is 0 Å². The van der Waals surface area contributed by atoms with Crippen LogP contribution in [0.1, 0.15) is 13.3 Å². The molecule has 50 valence electrons. The molecule has 0 spiro atoms. The van der Waals surface area contributed by atoms with E-state index in [2.05, 4.69) is 9.68 Å². The highest BCUT2D eigenvalue weighted by Crippen LogP contribution is 1.96. The van der Waals surface area contributed by atoms with E-state index in [1.54, 1.807) is 14.0 Å². The molecule has 0 aromatic heterocycles. The Hall–Kier alpha value is -0.150. The summed E-state index contributed by atoms with van der Waals surface area (Å²) in [6.07, 6.45) is 0.266.